The van der Waals surface area contributed by atoms with Crippen molar-refractivity contribution in [1.82, 2.24) is 0 Å². The first-order valence-corrected chi connectivity index (χ1v) is 4.78. The molecule has 2 rings (SSSR count). The summed E-state index contributed by atoms with van der Waals surface area (Å²) < 4.78 is 47.7. The van der Waals surface area contributed by atoms with E-state index in [4.69, 9.17) is 9.47 Å². The summed E-state index contributed by atoms with van der Waals surface area (Å²) in [5.74, 6) is -3.36. The SMILES string of the molecule is O=C1C[C@@H](C(F)(F)F)CC2(C1)OCCO2. The Bertz CT molecular complexity index is 268. The van der Waals surface area contributed by atoms with E-state index in [9.17, 15) is 18.0 Å². The number of carbonyl (C=O) groups is 1. The molecule has 0 aromatic heterocycles. The number of ketones is 1. The minimum atomic E-state index is -4.35. The lowest BCUT2D eigenvalue weighted by Crippen LogP contribution is -2.44. The fourth-order valence-corrected chi connectivity index (χ4v) is 2.12. The van der Waals surface area contributed by atoms with E-state index in [1.807, 2.05) is 0 Å². The average molecular weight is 224 g/mol. The van der Waals surface area contributed by atoms with Crippen LogP contribution in [-0.4, -0.2) is 31.0 Å². The Morgan fingerprint density at radius 3 is 2.40 bits per heavy atom. The molecular weight excluding hydrogens is 213 g/mol. The molecule has 0 radical (unpaired) electrons. The number of hydrogen-bond donors (Lipinski definition) is 0. The van der Waals surface area contributed by atoms with Crippen molar-refractivity contribution in [2.75, 3.05) is 13.2 Å². The van der Waals surface area contributed by atoms with E-state index in [0.717, 1.165) is 0 Å². The molecule has 0 bridgehead atoms. The zero-order valence-electron chi connectivity index (χ0n) is 7.97. The quantitative estimate of drug-likeness (QED) is 0.627. The Morgan fingerprint density at radius 2 is 1.87 bits per heavy atom. The van der Waals surface area contributed by atoms with Gasteiger partial charge in [0.15, 0.2) is 5.79 Å². The first-order chi connectivity index (χ1) is 6.91. The number of rotatable bonds is 0. The number of ether oxygens (including phenoxy) is 2. The van der Waals surface area contributed by atoms with Crippen molar-refractivity contribution in [2.24, 2.45) is 5.92 Å². The van der Waals surface area contributed by atoms with Crippen LogP contribution in [0.25, 0.3) is 0 Å². The molecule has 15 heavy (non-hydrogen) atoms. The Balaban J connectivity index is 2.14. The maximum Gasteiger partial charge on any atom is 0.392 e. The third-order valence-corrected chi connectivity index (χ3v) is 2.77. The lowest BCUT2D eigenvalue weighted by atomic mass is 9.83. The Kier molecular flexibility index (Phi) is 2.50. The van der Waals surface area contributed by atoms with Crippen molar-refractivity contribution in [3.63, 3.8) is 0 Å². The van der Waals surface area contributed by atoms with Gasteiger partial charge < -0.3 is 9.47 Å². The van der Waals surface area contributed by atoms with E-state index < -0.39 is 30.1 Å². The fraction of sp³-hybridized carbons (Fsp3) is 0.889. The van der Waals surface area contributed by atoms with Crippen LogP contribution in [0, 0.1) is 5.92 Å². The monoisotopic (exact) mass is 224 g/mol. The zero-order valence-corrected chi connectivity index (χ0v) is 7.97. The van der Waals surface area contributed by atoms with Crippen LogP contribution in [-0.2, 0) is 14.3 Å². The summed E-state index contributed by atoms with van der Waals surface area (Å²) in [6, 6.07) is 0. The molecule has 6 heteroatoms. The summed E-state index contributed by atoms with van der Waals surface area (Å²) in [6.45, 7) is 0.524. The van der Waals surface area contributed by atoms with Gasteiger partial charge in [0.2, 0.25) is 0 Å². The van der Waals surface area contributed by atoms with Crippen molar-refractivity contribution >= 4 is 5.78 Å². The highest BCUT2D eigenvalue weighted by atomic mass is 19.4. The highest BCUT2D eigenvalue weighted by Crippen LogP contribution is 2.43. The maximum atomic E-state index is 12.5. The molecule has 1 atom stereocenters. The molecule has 0 unspecified atom stereocenters. The number of Topliss-reactive ketones (excluding diaryl/α,β-unsaturated/α-hetero) is 1. The van der Waals surface area contributed by atoms with E-state index in [1.165, 1.54) is 0 Å². The molecule has 0 N–H and O–H groups in total. The molecule has 2 fully saturated rings. The predicted molar refractivity (Wildman–Crippen MR) is 43.0 cm³/mol. The van der Waals surface area contributed by atoms with Crippen molar-refractivity contribution in [3.8, 4) is 0 Å². The van der Waals surface area contributed by atoms with Crippen LogP contribution in [0.2, 0.25) is 0 Å². The molecular formula is C9H11F3O3. The second kappa shape index (κ2) is 3.45. The number of alkyl halides is 3. The van der Waals surface area contributed by atoms with Gasteiger partial charge in [0.1, 0.15) is 5.78 Å². The second-order valence-electron chi connectivity index (χ2n) is 3.97. The van der Waals surface area contributed by atoms with Gasteiger partial charge in [0.25, 0.3) is 0 Å². The summed E-state index contributed by atoms with van der Waals surface area (Å²) in [5, 5.41) is 0. The van der Waals surface area contributed by atoms with Crippen LogP contribution >= 0.6 is 0 Å². The van der Waals surface area contributed by atoms with Crippen molar-refractivity contribution in [1.29, 1.82) is 0 Å². The van der Waals surface area contributed by atoms with E-state index in [1.54, 1.807) is 0 Å². The normalized spacial score (nSPS) is 31.1. The molecule has 1 spiro atoms. The molecule has 1 aliphatic heterocycles. The lowest BCUT2D eigenvalue weighted by molar-refractivity contribution is -0.238. The largest absolute Gasteiger partial charge is 0.392 e. The van der Waals surface area contributed by atoms with Crippen molar-refractivity contribution < 1.29 is 27.4 Å². The summed E-state index contributed by atoms with van der Waals surface area (Å²) in [6.07, 6.45) is -5.11. The third-order valence-electron chi connectivity index (χ3n) is 2.77. The topological polar surface area (TPSA) is 35.5 Å². The van der Waals surface area contributed by atoms with Gasteiger partial charge in [-0.1, -0.05) is 0 Å². The van der Waals surface area contributed by atoms with Gasteiger partial charge in [-0.25, -0.2) is 0 Å². The van der Waals surface area contributed by atoms with E-state index in [0.29, 0.717) is 0 Å². The highest BCUT2D eigenvalue weighted by Gasteiger charge is 2.52. The molecule has 1 saturated heterocycles. The Labute approximate surface area is 84.5 Å². The smallest absolute Gasteiger partial charge is 0.347 e. The van der Waals surface area contributed by atoms with Crippen LogP contribution in [0.15, 0.2) is 0 Å². The first-order valence-electron chi connectivity index (χ1n) is 4.78. The van der Waals surface area contributed by atoms with Crippen LogP contribution in [0.1, 0.15) is 19.3 Å². The molecule has 2 aliphatic rings. The van der Waals surface area contributed by atoms with Crippen LogP contribution in [0.4, 0.5) is 13.2 Å². The molecule has 0 aromatic carbocycles. The van der Waals surface area contributed by atoms with Gasteiger partial charge >= 0.3 is 6.18 Å². The number of halogens is 3. The average Bonchev–Trinajstić information content (AvgIpc) is 2.50. The summed E-state index contributed by atoms with van der Waals surface area (Å²) in [5.41, 5.74) is 0. The fourth-order valence-electron chi connectivity index (χ4n) is 2.12. The Hall–Kier alpha value is -0.620. The lowest BCUT2D eigenvalue weighted by Gasteiger charge is -2.35. The minimum Gasteiger partial charge on any atom is -0.347 e. The summed E-state index contributed by atoms with van der Waals surface area (Å²) >= 11 is 0. The van der Waals surface area contributed by atoms with Gasteiger partial charge in [-0.05, 0) is 0 Å². The van der Waals surface area contributed by atoms with Crippen LogP contribution in [0.5, 0.6) is 0 Å². The molecule has 0 aromatic rings. The number of hydrogen-bond acceptors (Lipinski definition) is 3. The first kappa shape index (κ1) is 10.9. The standard InChI is InChI=1S/C9H11F3O3/c10-9(11,12)6-3-7(13)5-8(4-6)14-1-2-15-8/h6H,1-5H2/t6-/m1/s1. The number of carbonyl (C=O) groups excluding carboxylic acids is 1. The molecule has 1 saturated carbocycles. The third kappa shape index (κ3) is 2.15. The van der Waals surface area contributed by atoms with Crippen LogP contribution < -0.4 is 0 Å². The van der Waals surface area contributed by atoms with Crippen LogP contribution in [0.3, 0.4) is 0 Å². The summed E-state index contributed by atoms with van der Waals surface area (Å²) in [7, 11) is 0. The molecule has 3 nitrogen and oxygen atoms in total. The second-order valence-corrected chi connectivity index (χ2v) is 3.97. The van der Waals surface area contributed by atoms with E-state index in [-0.39, 0.29) is 26.1 Å². The minimum absolute atomic E-state index is 0.0560. The van der Waals surface area contributed by atoms with Gasteiger partial charge in [0.05, 0.1) is 25.6 Å². The van der Waals surface area contributed by atoms with E-state index in [2.05, 4.69) is 0 Å². The molecule has 1 aliphatic carbocycles. The Morgan fingerprint density at radius 1 is 1.27 bits per heavy atom. The van der Waals surface area contributed by atoms with Crippen molar-refractivity contribution in [3.05, 3.63) is 0 Å². The molecule has 0 amide bonds. The zero-order chi connectivity index (χ0) is 11.1. The van der Waals surface area contributed by atoms with Gasteiger partial charge in [0, 0.05) is 12.8 Å². The van der Waals surface area contributed by atoms with Crippen molar-refractivity contribution in [2.45, 2.75) is 31.2 Å². The van der Waals surface area contributed by atoms with Gasteiger partial charge in [-0.2, -0.15) is 13.2 Å². The molecule has 86 valence electrons. The van der Waals surface area contributed by atoms with Gasteiger partial charge in [-0.15, -0.1) is 0 Å². The maximum absolute atomic E-state index is 12.5. The van der Waals surface area contributed by atoms with E-state index >= 15 is 0 Å². The molecule has 1 heterocycles. The summed E-state index contributed by atoms with van der Waals surface area (Å²) in [4.78, 5) is 11.2. The van der Waals surface area contributed by atoms with Gasteiger partial charge in [-0.3, -0.25) is 4.79 Å². The predicted octanol–water partition coefficient (Wildman–Crippen LogP) is 1.66. The highest BCUT2D eigenvalue weighted by molar-refractivity contribution is 5.80.